The van der Waals surface area contributed by atoms with E-state index in [0.717, 1.165) is 30.0 Å². The average molecular weight is 255 g/mol. The zero-order valence-corrected chi connectivity index (χ0v) is 11.1. The number of hydrogen-bond donors (Lipinski definition) is 3. The van der Waals surface area contributed by atoms with Gasteiger partial charge in [0.25, 0.3) is 0 Å². The minimum atomic E-state index is 0.556. The lowest BCUT2D eigenvalue weighted by molar-refractivity contribution is 0.368. The molecule has 102 valence electrons. The summed E-state index contributed by atoms with van der Waals surface area (Å²) in [5, 5.41) is 3.14. The molecule has 0 fully saturated rings. The van der Waals surface area contributed by atoms with Crippen molar-refractivity contribution in [3.8, 4) is 17.2 Å². The summed E-state index contributed by atoms with van der Waals surface area (Å²) < 4.78 is 15.9. The Morgan fingerprint density at radius 3 is 2.11 bits per heavy atom. The van der Waals surface area contributed by atoms with Gasteiger partial charge in [0.15, 0.2) is 0 Å². The molecule has 0 aliphatic rings. The van der Waals surface area contributed by atoms with E-state index in [1.54, 1.807) is 21.3 Å². The fraction of sp³-hybridized carbons (Fsp3) is 0.500. The summed E-state index contributed by atoms with van der Waals surface area (Å²) in [5.41, 5.74) is 3.54. The maximum atomic E-state index is 5.36. The second-order valence-electron chi connectivity index (χ2n) is 3.64. The molecule has 6 nitrogen and oxygen atoms in total. The number of methoxy groups -OCH3 is 3. The second kappa shape index (κ2) is 7.75. The molecule has 0 radical (unpaired) electrons. The Kier molecular flexibility index (Phi) is 6.27. The minimum absolute atomic E-state index is 0.556. The lowest BCUT2D eigenvalue weighted by Crippen LogP contribution is -2.34. The Balaban J connectivity index is 2.85. The van der Waals surface area contributed by atoms with Crippen molar-refractivity contribution in [3.63, 3.8) is 0 Å². The number of nitrogens with one attached hydrogen (secondary N) is 2. The van der Waals surface area contributed by atoms with E-state index in [-0.39, 0.29) is 0 Å². The van der Waals surface area contributed by atoms with Gasteiger partial charge in [0.1, 0.15) is 17.2 Å². The van der Waals surface area contributed by atoms with Gasteiger partial charge in [0.05, 0.1) is 28.0 Å². The molecule has 0 amide bonds. The smallest absolute Gasteiger partial charge is 0.129 e. The molecule has 0 aliphatic carbocycles. The molecule has 0 saturated carbocycles. The van der Waals surface area contributed by atoms with E-state index in [1.165, 1.54) is 0 Å². The fourth-order valence-electron chi connectivity index (χ4n) is 1.70. The fourth-order valence-corrected chi connectivity index (χ4v) is 1.70. The van der Waals surface area contributed by atoms with Gasteiger partial charge >= 0.3 is 0 Å². The van der Waals surface area contributed by atoms with Crippen LogP contribution in [0.1, 0.15) is 5.56 Å². The van der Waals surface area contributed by atoms with Crippen LogP contribution in [-0.4, -0.2) is 34.5 Å². The molecule has 0 atom stereocenters. The van der Waals surface area contributed by atoms with Crippen LogP contribution in [-0.2, 0) is 6.42 Å². The number of hydrazine groups is 1. The summed E-state index contributed by atoms with van der Waals surface area (Å²) >= 11 is 0. The van der Waals surface area contributed by atoms with Gasteiger partial charge in [-0.25, -0.2) is 5.43 Å². The van der Waals surface area contributed by atoms with E-state index >= 15 is 0 Å². The maximum Gasteiger partial charge on any atom is 0.129 e. The van der Waals surface area contributed by atoms with Crippen LogP contribution in [0.4, 0.5) is 0 Å². The van der Waals surface area contributed by atoms with E-state index in [9.17, 15) is 0 Å². The monoisotopic (exact) mass is 255 g/mol. The minimum Gasteiger partial charge on any atom is -0.496 e. The summed E-state index contributed by atoms with van der Waals surface area (Å²) in [4.78, 5) is 0. The number of rotatable bonds is 8. The first-order valence-electron chi connectivity index (χ1n) is 5.69. The Morgan fingerprint density at radius 1 is 1.06 bits per heavy atom. The first kappa shape index (κ1) is 14.6. The number of benzene rings is 1. The SMILES string of the molecule is COc1cc(OC)c(CCNCNN)c(OC)c1. The Hall–Kier alpha value is -1.50. The molecule has 0 bridgehead atoms. The van der Waals surface area contributed by atoms with Gasteiger partial charge in [-0.3, -0.25) is 5.84 Å². The van der Waals surface area contributed by atoms with Gasteiger partial charge in [-0.1, -0.05) is 0 Å². The van der Waals surface area contributed by atoms with Crippen molar-refractivity contribution in [2.75, 3.05) is 34.5 Å². The van der Waals surface area contributed by atoms with Crippen LogP contribution in [0.5, 0.6) is 17.2 Å². The predicted octanol–water partition coefficient (Wildman–Crippen LogP) is 0.265. The van der Waals surface area contributed by atoms with E-state index in [1.807, 2.05) is 12.1 Å². The van der Waals surface area contributed by atoms with Crippen LogP contribution in [0.3, 0.4) is 0 Å². The molecule has 4 N–H and O–H groups in total. The van der Waals surface area contributed by atoms with Crippen molar-refractivity contribution in [2.45, 2.75) is 6.42 Å². The highest BCUT2D eigenvalue weighted by atomic mass is 16.5. The molecular formula is C12H21N3O3. The quantitative estimate of drug-likeness (QED) is 0.268. The molecule has 1 aromatic rings. The molecule has 0 aliphatic heterocycles. The van der Waals surface area contributed by atoms with Gasteiger partial charge in [0.2, 0.25) is 0 Å². The third-order valence-corrected chi connectivity index (χ3v) is 2.60. The van der Waals surface area contributed by atoms with Gasteiger partial charge in [0, 0.05) is 24.2 Å². The Morgan fingerprint density at radius 2 is 1.67 bits per heavy atom. The van der Waals surface area contributed by atoms with Crippen molar-refractivity contribution >= 4 is 0 Å². The van der Waals surface area contributed by atoms with E-state index in [4.69, 9.17) is 20.1 Å². The van der Waals surface area contributed by atoms with Crippen LogP contribution in [0.2, 0.25) is 0 Å². The van der Waals surface area contributed by atoms with Crippen molar-refractivity contribution in [2.24, 2.45) is 5.84 Å². The highest BCUT2D eigenvalue weighted by molar-refractivity contribution is 5.50. The van der Waals surface area contributed by atoms with Crippen LogP contribution in [0, 0.1) is 0 Å². The van der Waals surface area contributed by atoms with Crippen LogP contribution in [0.15, 0.2) is 12.1 Å². The van der Waals surface area contributed by atoms with Crippen molar-refractivity contribution in [3.05, 3.63) is 17.7 Å². The number of nitrogens with two attached hydrogens (primary N) is 1. The lowest BCUT2D eigenvalue weighted by Gasteiger charge is -2.15. The largest absolute Gasteiger partial charge is 0.496 e. The molecule has 0 unspecified atom stereocenters. The summed E-state index contributed by atoms with van der Waals surface area (Å²) in [6.07, 6.45) is 0.776. The van der Waals surface area contributed by atoms with E-state index in [0.29, 0.717) is 12.4 Å². The van der Waals surface area contributed by atoms with E-state index in [2.05, 4.69) is 10.7 Å². The third-order valence-electron chi connectivity index (χ3n) is 2.60. The van der Waals surface area contributed by atoms with Crippen LogP contribution >= 0.6 is 0 Å². The standard InChI is InChI=1S/C12H21N3O3/c1-16-9-6-11(17-2)10(12(7-9)18-3)4-5-14-8-15-13/h6-7,14-15H,4-5,8,13H2,1-3H3. The summed E-state index contributed by atoms with van der Waals surface area (Å²) in [6.45, 7) is 1.32. The maximum absolute atomic E-state index is 5.36. The predicted molar refractivity (Wildman–Crippen MR) is 70.0 cm³/mol. The molecule has 18 heavy (non-hydrogen) atoms. The normalized spacial score (nSPS) is 10.2. The Labute approximate surface area is 107 Å². The van der Waals surface area contributed by atoms with Gasteiger partial charge in [-0.15, -0.1) is 0 Å². The van der Waals surface area contributed by atoms with Crippen molar-refractivity contribution in [1.29, 1.82) is 0 Å². The lowest BCUT2D eigenvalue weighted by atomic mass is 10.1. The average Bonchev–Trinajstić information content (AvgIpc) is 2.42. The highest BCUT2D eigenvalue weighted by Gasteiger charge is 2.12. The third kappa shape index (κ3) is 3.76. The molecule has 0 spiro atoms. The van der Waals surface area contributed by atoms with Crippen molar-refractivity contribution in [1.82, 2.24) is 10.7 Å². The number of hydrogen-bond acceptors (Lipinski definition) is 6. The molecule has 1 rings (SSSR count). The highest BCUT2D eigenvalue weighted by Crippen LogP contribution is 2.34. The molecular weight excluding hydrogens is 234 g/mol. The number of ether oxygens (including phenoxy) is 3. The first-order valence-corrected chi connectivity index (χ1v) is 5.69. The molecule has 0 heterocycles. The zero-order valence-electron chi connectivity index (χ0n) is 11.1. The van der Waals surface area contributed by atoms with Gasteiger partial charge < -0.3 is 19.5 Å². The van der Waals surface area contributed by atoms with Crippen LogP contribution in [0.25, 0.3) is 0 Å². The molecule has 1 aromatic carbocycles. The summed E-state index contributed by atoms with van der Waals surface area (Å²) in [7, 11) is 4.88. The zero-order chi connectivity index (χ0) is 13.4. The summed E-state index contributed by atoms with van der Waals surface area (Å²) in [6, 6.07) is 3.69. The van der Waals surface area contributed by atoms with Gasteiger partial charge in [-0.05, 0) is 6.42 Å². The first-order chi connectivity index (χ1) is 8.76. The molecule has 0 aromatic heterocycles. The second-order valence-corrected chi connectivity index (χ2v) is 3.64. The van der Waals surface area contributed by atoms with Crippen LogP contribution < -0.4 is 30.8 Å². The van der Waals surface area contributed by atoms with Gasteiger partial charge in [-0.2, -0.15) is 0 Å². The topological polar surface area (TPSA) is 77.8 Å². The van der Waals surface area contributed by atoms with Crippen molar-refractivity contribution < 1.29 is 14.2 Å². The Bertz CT molecular complexity index is 347. The molecule has 0 saturated heterocycles. The summed E-state index contributed by atoms with van der Waals surface area (Å²) in [5.74, 6) is 7.41. The molecule has 6 heteroatoms. The van der Waals surface area contributed by atoms with E-state index < -0.39 is 0 Å².